The zero-order valence-electron chi connectivity index (χ0n) is 14.3. The van der Waals surface area contributed by atoms with Gasteiger partial charge in [-0.3, -0.25) is 4.79 Å². The molecular weight excluding hydrogens is 304 g/mol. The first kappa shape index (κ1) is 16.4. The maximum Gasteiger partial charge on any atom is 0.257 e. The van der Waals surface area contributed by atoms with Crippen molar-refractivity contribution in [1.29, 1.82) is 0 Å². The van der Waals surface area contributed by atoms with Gasteiger partial charge in [0.05, 0.1) is 18.8 Å². The van der Waals surface area contributed by atoms with E-state index in [1.807, 2.05) is 0 Å². The molecule has 1 saturated heterocycles. The SMILES string of the molecule is Cc1cc(C)c(Nc2ncc(C(=O)N3CCOCC3)cn2)c(C)c1. The van der Waals surface area contributed by atoms with Crippen LogP contribution in [0, 0.1) is 20.8 Å². The number of amides is 1. The van der Waals surface area contributed by atoms with Gasteiger partial charge in [-0.15, -0.1) is 0 Å². The number of carbonyl (C=O) groups excluding carboxylic acids is 1. The number of carbonyl (C=O) groups is 1. The summed E-state index contributed by atoms with van der Waals surface area (Å²) in [7, 11) is 0. The van der Waals surface area contributed by atoms with E-state index in [9.17, 15) is 4.79 Å². The Kier molecular flexibility index (Phi) is 4.76. The van der Waals surface area contributed by atoms with Crippen molar-refractivity contribution in [3.63, 3.8) is 0 Å². The number of ether oxygens (including phenoxy) is 1. The number of hydrogen-bond acceptors (Lipinski definition) is 5. The summed E-state index contributed by atoms with van der Waals surface area (Å²) in [5.41, 5.74) is 5.02. The van der Waals surface area contributed by atoms with E-state index in [-0.39, 0.29) is 5.91 Å². The van der Waals surface area contributed by atoms with Crippen molar-refractivity contribution in [1.82, 2.24) is 14.9 Å². The topological polar surface area (TPSA) is 67.4 Å². The average molecular weight is 326 g/mol. The van der Waals surface area contributed by atoms with Crippen molar-refractivity contribution in [2.75, 3.05) is 31.6 Å². The van der Waals surface area contributed by atoms with Crippen molar-refractivity contribution in [3.8, 4) is 0 Å². The quantitative estimate of drug-likeness (QED) is 0.939. The number of aromatic nitrogens is 2. The molecule has 1 aliphatic rings. The van der Waals surface area contributed by atoms with Gasteiger partial charge in [0.25, 0.3) is 5.91 Å². The minimum Gasteiger partial charge on any atom is -0.378 e. The number of aryl methyl sites for hydroxylation is 3. The van der Waals surface area contributed by atoms with Gasteiger partial charge in [-0.2, -0.15) is 0 Å². The zero-order valence-corrected chi connectivity index (χ0v) is 14.3. The Hall–Kier alpha value is -2.47. The van der Waals surface area contributed by atoms with Gasteiger partial charge in [0, 0.05) is 31.2 Å². The third-order valence-corrected chi connectivity index (χ3v) is 4.11. The first-order chi connectivity index (χ1) is 11.5. The predicted octanol–water partition coefficient (Wildman–Crippen LogP) is 2.62. The minimum absolute atomic E-state index is 0.0486. The van der Waals surface area contributed by atoms with Gasteiger partial charge >= 0.3 is 0 Å². The van der Waals surface area contributed by atoms with E-state index in [2.05, 4.69) is 48.2 Å². The zero-order chi connectivity index (χ0) is 17.1. The van der Waals surface area contributed by atoms with Crippen LogP contribution in [0.5, 0.6) is 0 Å². The Morgan fingerprint density at radius 3 is 2.25 bits per heavy atom. The molecule has 1 aromatic heterocycles. The number of hydrogen-bond donors (Lipinski definition) is 1. The number of nitrogens with zero attached hydrogens (tertiary/aromatic N) is 3. The fourth-order valence-corrected chi connectivity index (χ4v) is 2.94. The molecule has 1 fully saturated rings. The standard InChI is InChI=1S/C18H22N4O2/c1-12-8-13(2)16(14(3)9-12)21-18-19-10-15(11-20-18)17(23)22-4-6-24-7-5-22/h8-11H,4-7H2,1-3H3,(H,19,20,21). The predicted molar refractivity (Wildman–Crippen MR) is 92.7 cm³/mol. The lowest BCUT2D eigenvalue weighted by molar-refractivity contribution is 0.0302. The summed E-state index contributed by atoms with van der Waals surface area (Å²) in [5.74, 6) is 0.441. The maximum absolute atomic E-state index is 12.4. The second kappa shape index (κ2) is 6.97. The van der Waals surface area contributed by atoms with Crippen molar-refractivity contribution >= 4 is 17.5 Å². The highest BCUT2D eigenvalue weighted by molar-refractivity contribution is 5.93. The van der Waals surface area contributed by atoms with Gasteiger partial charge < -0.3 is 15.0 Å². The normalized spacial score (nSPS) is 14.5. The number of anilines is 2. The Balaban J connectivity index is 1.74. The van der Waals surface area contributed by atoms with E-state index in [1.54, 1.807) is 17.3 Å². The summed E-state index contributed by atoms with van der Waals surface area (Å²) in [6.45, 7) is 8.57. The molecule has 1 amide bonds. The Labute approximate surface area is 141 Å². The van der Waals surface area contributed by atoms with E-state index in [4.69, 9.17) is 4.74 Å². The number of morpholine rings is 1. The molecule has 0 atom stereocenters. The molecule has 0 unspecified atom stereocenters. The summed E-state index contributed by atoms with van der Waals surface area (Å²) in [6, 6.07) is 4.23. The average Bonchev–Trinajstić information content (AvgIpc) is 2.59. The number of nitrogens with one attached hydrogen (secondary N) is 1. The first-order valence-electron chi connectivity index (χ1n) is 8.08. The highest BCUT2D eigenvalue weighted by Gasteiger charge is 2.19. The molecule has 0 saturated carbocycles. The summed E-state index contributed by atoms with van der Waals surface area (Å²) in [6.07, 6.45) is 3.15. The van der Waals surface area contributed by atoms with Crippen LogP contribution in [0.2, 0.25) is 0 Å². The molecule has 6 nitrogen and oxygen atoms in total. The monoisotopic (exact) mass is 326 g/mol. The molecule has 24 heavy (non-hydrogen) atoms. The molecular formula is C18H22N4O2. The summed E-state index contributed by atoms with van der Waals surface area (Å²) < 4.78 is 5.27. The van der Waals surface area contributed by atoms with Gasteiger partial charge in [-0.05, 0) is 31.9 Å². The highest BCUT2D eigenvalue weighted by atomic mass is 16.5. The maximum atomic E-state index is 12.4. The van der Waals surface area contributed by atoms with Gasteiger partial charge in [-0.25, -0.2) is 9.97 Å². The van der Waals surface area contributed by atoms with Crippen LogP contribution in [0.1, 0.15) is 27.0 Å². The smallest absolute Gasteiger partial charge is 0.257 e. The Bertz CT molecular complexity index is 714. The first-order valence-corrected chi connectivity index (χ1v) is 8.08. The van der Waals surface area contributed by atoms with Crippen LogP contribution in [0.4, 0.5) is 11.6 Å². The van der Waals surface area contributed by atoms with E-state index in [0.717, 1.165) is 16.8 Å². The molecule has 0 bridgehead atoms. The second-order valence-electron chi connectivity index (χ2n) is 6.10. The van der Waals surface area contributed by atoms with Gasteiger partial charge in [-0.1, -0.05) is 17.7 Å². The largest absolute Gasteiger partial charge is 0.378 e. The molecule has 0 aliphatic carbocycles. The fourth-order valence-electron chi connectivity index (χ4n) is 2.94. The molecule has 2 aromatic rings. The lowest BCUT2D eigenvalue weighted by Crippen LogP contribution is -2.40. The third-order valence-electron chi connectivity index (χ3n) is 4.11. The summed E-state index contributed by atoms with van der Waals surface area (Å²) in [4.78, 5) is 22.7. The molecule has 6 heteroatoms. The lowest BCUT2D eigenvalue weighted by Gasteiger charge is -2.26. The lowest BCUT2D eigenvalue weighted by atomic mass is 10.1. The molecule has 1 aromatic carbocycles. The molecule has 3 rings (SSSR count). The molecule has 0 spiro atoms. The van der Waals surface area contributed by atoms with E-state index in [0.29, 0.717) is 37.8 Å². The van der Waals surface area contributed by atoms with Crippen LogP contribution in [-0.2, 0) is 4.74 Å². The van der Waals surface area contributed by atoms with Crippen LogP contribution < -0.4 is 5.32 Å². The van der Waals surface area contributed by atoms with Crippen molar-refractivity contribution < 1.29 is 9.53 Å². The van der Waals surface area contributed by atoms with Crippen LogP contribution in [-0.4, -0.2) is 47.1 Å². The van der Waals surface area contributed by atoms with Gasteiger partial charge in [0.2, 0.25) is 5.95 Å². The van der Waals surface area contributed by atoms with Crippen molar-refractivity contribution in [3.05, 3.63) is 46.8 Å². The molecule has 126 valence electrons. The van der Waals surface area contributed by atoms with Gasteiger partial charge in [0.15, 0.2) is 0 Å². The second-order valence-corrected chi connectivity index (χ2v) is 6.10. The van der Waals surface area contributed by atoms with Crippen molar-refractivity contribution in [2.45, 2.75) is 20.8 Å². The van der Waals surface area contributed by atoms with E-state index in [1.165, 1.54) is 5.56 Å². The minimum atomic E-state index is -0.0486. The van der Waals surface area contributed by atoms with Crippen LogP contribution in [0.15, 0.2) is 24.5 Å². The van der Waals surface area contributed by atoms with Crippen LogP contribution in [0.3, 0.4) is 0 Å². The molecule has 1 N–H and O–H groups in total. The Morgan fingerprint density at radius 2 is 1.67 bits per heavy atom. The molecule has 2 heterocycles. The van der Waals surface area contributed by atoms with Crippen LogP contribution in [0.25, 0.3) is 0 Å². The summed E-state index contributed by atoms with van der Waals surface area (Å²) >= 11 is 0. The molecule has 0 radical (unpaired) electrons. The van der Waals surface area contributed by atoms with E-state index < -0.39 is 0 Å². The fraction of sp³-hybridized carbons (Fsp3) is 0.389. The van der Waals surface area contributed by atoms with E-state index >= 15 is 0 Å². The Morgan fingerprint density at radius 1 is 1.08 bits per heavy atom. The van der Waals surface area contributed by atoms with Crippen LogP contribution >= 0.6 is 0 Å². The van der Waals surface area contributed by atoms with Crippen molar-refractivity contribution in [2.24, 2.45) is 0 Å². The molecule has 1 aliphatic heterocycles. The number of benzene rings is 1. The number of rotatable bonds is 3. The summed E-state index contributed by atoms with van der Waals surface area (Å²) in [5, 5.41) is 3.25. The third kappa shape index (κ3) is 3.54. The van der Waals surface area contributed by atoms with Gasteiger partial charge in [0.1, 0.15) is 0 Å². The highest BCUT2D eigenvalue weighted by Crippen LogP contribution is 2.24.